The van der Waals surface area contributed by atoms with Crippen LogP contribution in [-0.4, -0.2) is 14.4 Å². The van der Waals surface area contributed by atoms with E-state index in [1.807, 2.05) is 6.07 Å². The number of hydrogen-bond donors (Lipinski definition) is 1. The lowest BCUT2D eigenvalue weighted by Crippen LogP contribution is -1.86. The maximum Gasteiger partial charge on any atom is 0.149 e. The summed E-state index contributed by atoms with van der Waals surface area (Å²) in [6, 6.07) is 1.82. The fraction of sp³-hybridized carbons (Fsp3) is 0. The quantitative estimate of drug-likeness (QED) is 0.564. The van der Waals surface area contributed by atoms with Gasteiger partial charge in [-0.1, -0.05) is 0 Å². The number of hydrogen-bond acceptors (Lipinski definition) is 3. The van der Waals surface area contributed by atoms with Crippen molar-refractivity contribution < 1.29 is 0 Å². The van der Waals surface area contributed by atoms with Gasteiger partial charge in [0.05, 0.1) is 5.52 Å². The minimum atomic E-state index is 0.544. The molecule has 2 rings (SSSR count). The molecule has 0 bridgehead atoms. The van der Waals surface area contributed by atoms with Crippen LogP contribution in [0.3, 0.4) is 0 Å². The highest BCUT2D eigenvalue weighted by Crippen LogP contribution is 2.07. The number of anilines is 1. The highest BCUT2D eigenvalue weighted by atomic mass is 15.1. The van der Waals surface area contributed by atoms with Crippen molar-refractivity contribution in [2.24, 2.45) is 0 Å². The van der Waals surface area contributed by atoms with Gasteiger partial charge in [-0.15, -0.1) is 0 Å². The van der Waals surface area contributed by atoms with Gasteiger partial charge in [0.15, 0.2) is 0 Å². The Balaban J connectivity index is 2.93. The molecule has 2 aromatic heterocycles. The maximum absolute atomic E-state index is 5.52. The Morgan fingerprint density at radius 1 is 1.40 bits per heavy atom. The average molecular weight is 134 g/mol. The average Bonchev–Trinajstić information content (AvgIpc) is 2.34. The number of aromatic nitrogens is 3. The third-order valence-electron chi connectivity index (χ3n) is 1.37. The summed E-state index contributed by atoms with van der Waals surface area (Å²) in [5.74, 6) is 0.544. The molecule has 4 nitrogen and oxygen atoms in total. The zero-order valence-corrected chi connectivity index (χ0v) is 5.23. The Morgan fingerprint density at radius 3 is 3.10 bits per heavy atom. The molecule has 50 valence electrons. The smallest absolute Gasteiger partial charge is 0.149 e. The number of nitrogen functional groups attached to an aromatic ring is 1. The van der Waals surface area contributed by atoms with Gasteiger partial charge in [-0.05, 0) is 6.07 Å². The van der Waals surface area contributed by atoms with Crippen molar-refractivity contribution in [3.05, 3.63) is 24.9 Å². The second kappa shape index (κ2) is 1.70. The van der Waals surface area contributed by atoms with Gasteiger partial charge in [-0.3, -0.25) is 4.40 Å². The van der Waals surface area contributed by atoms with Crippen molar-refractivity contribution in [2.75, 3.05) is 5.73 Å². The maximum atomic E-state index is 5.52. The number of nitrogens with zero attached hydrogens (tertiary/aromatic N) is 3. The second-order valence-electron chi connectivity index (χ2n) is 2.00. The van der Waals surface area contributed by atoms with Crippen LogP contribution < -0.4 is 5.73 Å². The summed E-state index contributed by atoms with van der Waals surface area (Å²) in [5, 5.41) is 0. The number of fused-ring (bicyclic) bond motifs is 1. The molecule has 0 radical (unpaired) electrons. The Labute approximate surface area is 57.3 Å². The van der Waals surface area contributed by atoms with E-state index >= 15 is 0 Å². The van der Waals surface area contributed by atoms with Gasteiger partial charge in [0.2, 0.25) is 0 Å². The molecular weight excluding hydrogens is 128 g/mol. The highest BCUT2D eigenvalue weighted by Gasteiger charge is 1.95. The van der Waals surface area contributed by atoms with Crippen molar-refractivity contribution in [3.63, 3.8) is 0 Å². The summed E-state index contributed by atoms with van der Waals surface area (Å²) in [4.78, 5) is 7.79. The minimum Gasteiger partial charge on any atom is -0.382 e. The molecule has 2 aromatic rings. The molecule has 0 aliphatic rings. The van der Waals surface area contributed by atoms with E-state index in [4.69, 9.17) is 5.73 Å². The molecule has 4 heteroatoms. The first-order chi connectivity index (χ1) is 4.88. The zero-order valence-electron chi connectivity index (χ0n) is 5.23. The summed E-state index contributed by atoms with van der Waals surface area (Å²) < 4.78 is 1.77. The van der Waals surface area contributed by atoms with Crippen LogP contribution in [0, 0.1) is 0 Å². The normalized spacial score (nSPS) is 10.4. The van der Waals surface area contributed by atoms with Crippen LogP contribution in [0.2, 0.25) is 0 Å². The Morgan fingerprint density at radius 2 is 2.30 bits per heavy atom. The van der Waals surface area contributed by atoms with E-state index in [9.17, 15) is 0 Å². The van der Waals surface area contributed by atoms with Gasteiger partial charge in [0.1, 0.15) is 18.5 Å². The summed E-state index contributed by atoms with van der Waals surface area (Å²) in [6.07, 6.45) is 4.99. The van der Waals surface area contributed by atoms with E-state index in [0.717, 1.165) is 5.52 Å². The van der Waals surface area contributed by atoms with Gasteiger partial charge in [0.25, 0.3) is 0 Å². The third-order valence-corrected chi connectivity index (χ3v) is 1.37. The molecule has 2 N–H and O–H groups in total. The second-order valence-corrected chi connectivity index (χ2v) is 2.00. The lowest BCUT2D eigenvalue weighted by atomic mass is 10.5. The van der Waals surface area contributed by atoms with Gasteiger partial charge < -0.3 is 5.73 Å². The molecule has 0 saturated heterocycles. The summed E-state index contributed by atoms with van der Waals surface area (Å²) in [6.45, 7) is 0. The molecule has 0 spiro atoms. The first kappa shape index (κ1) is 5.22. The molecule has 0 aliphatic carbocycles. The minimum absolute atomic E-state index is 0.544. The lowest BCUT2D eigenvalue weighted by molar-refractivity contribution is 1.07. The largest absolute Gasteiger partial charge is 0.382 e. The van der Waals surface area contributed by atoms with E-state index in [2.05, 4.69) is 9.97 Å². The molecular formula is C6H6N4. The van der Waals surface area contributed by atoms with Crippen LogP contribution in [0.1, 0.15) is 0 Å². The molecule has 0 saturated carbocycles. The van der Waals surface area contributed by atoms with Crippen LogP contribution >= 0.6 is 0 Å². The summed E-state index contributed by atoms with van der Waals surface area (Å²) in [7, 11) is 0. The van der Waals surface area contributed by atoms with Crippen molar-refractivity contribution in [2.45, 2.75) is 0 Å². The predicted molar refractivity (Wildman–Crippen MR) is 37.4 cm³/mol. The van der Waals surface area contributed by atoms with Crippen LogP contribution in [-0.2, 0) is 0 Å². The number of nitrogens with two attached hydrogens (primary N) is 1. The van der Waals surface area contributed by atoms with Crippen molar-refractivity contribution >= 4 is 11.3 Å². The third kappa shape index (κ3) is 0.556. The topological polar surface area (TPSA) is 56.2 Å². The number of rotatable bonds is 0. The van der Waals surface area contributed by atoms with Crippen molar-refractivity contribution in [1.29, 1.82) is 0 Å². The van der Waals surface area contributed by atoms with E-state index in [0.29, 0.717) is 5.82 Å². The zero-order chi connectivity index (χ0) is 6.97. The Bertz CT molecular complexity index is 351. The SMILES string of the molecule is Nc1ncn2cnccc12. The Hall–Kier alpha value is -1.58. The van der Waals surface area contributed by atoms with Gasteiger partial charge in [-0.25, -0.2) is 9.97 Å². The standard InChI is InChI=1S/C6H6N4/c7-6-5-1-2-8-3-10(5)4-9-6/h1-4H,7H2. The van der Waals surface area contributed by atoms with E-state index in [-0.39, 0.29) is 0 Å². The molecule has 0 unspecified atom stereocenters. The molecule has 2 heterocycles. The molecule has 0 aromatic carbocycles. The fourth-order valence-electron chi connectivity index (χ4n) is 0.872. The molecule has 0 amide bonds. The van der Waals surface area contributed by atoms with Gasteiger partial charge in [-0.2, -0.15) is 0 Å². The molecule has 10 heavy (non-hydrogen) atoms. The van der Waals surface area contributed by atoms with Gasteiger partial charge in [0, 0.05) is 6.20 Å². The van der Waals surface area contributed by atoms with Crippen LogP contribution in [0.25, 0.3) is 5.52 Å². The fourth-order valence-corrected chi connectivity index (χ4v) is 0.872. The first-order valence-electron chi connectivity index (χ1n) is 2.90. The number of imidazole rings is 1. The van der Waals surface area contributed by atoms with E-state index in [1.54, 1.807) is 23.3 Å². The van der Waals surface area contributed by atoms with Crippen LogP contribution in [0.5, 0.6) is 0 Å². The molecule has 0 aliphatic heterocycles. The Kier molecular flexibility index (Phi) is 0.887. The van der Waals surface area contributed by atoms with Gasteiger partial charge >= 0.3 is 0 Å². The van der Waals surface area contributed by atoms with E-state index in [1.165, 1.54) is 0 Å². The predicted octanol–water partition coefficient (Wildman–Crippen LogP) is 0.311. The molecule has 0 fully saturated rings. The lowest BCUT2D eigenvalue weighted by Gasteiger charge is -1.88. The molecule has 0 atom stereocenters. The van der Waals surface area contributed by atoms with Crippen molar-refractivity contribution in [1.82, 2.24) is 14.4 Å². The van der Waals surface area contributed by atoms with E-state index < -0.39 is 0 Å². The monoisotopic (exact) mass is 134 g/mol. The van der Waals surface area contributed by atoms with Crippen molar-refractivity contribution in [3.8, 4) is 0 Å². The van der Waals surface area contributed by atoms with Crippen LogP contribution in [0.15, 0.2) is 24.9 Å². The first-order valence-corrected chi connectivity index (χ1v) is 2.90. The summed E-state index contributed by atoms with van der Waals surface area (Å²) in [5.41, 5.74) is 6.41. The van der Waals surface area contributed by atoms with Crippen LogP contribution in [0.4, 0.5) is 5.82 Å². The highest BCUT2D eigenvalue weighted by molar-refractivity contribution is 5.64. The summed E-state index contributed by atoms with van der Waals surface area (Å²) >= 11 is 0.